The van der Waals surface area contributed by atoms with E-state index in [9.17, 15) is 0 Å². The molecule has 0 heterocycles. The van der Waals surface area contributed by atoms with E-state index in [2.05, 4.69) is 17.2 Å². The fourth-order valence-electron chi connectivity index (χ4n) is 1.56. The van der Waals surface area contributed by atoms with Crippen molar-refractivity contribution in [1.82, 2.24) is 5.32 Å². The lowest BCUT2D eigenvalue weighted by Crippen LogP contribution is -2.19. The van der Waals surface area contributed by atoms with Crippen molar-refractivity contribution in [3.8, 4) is 17.6 Å². The molecule has 0 bridgehead atoms. The van der Waals surface area contributed by atoms with Gasteiger partial charge in [0.1, 0.15) is 5.75 Å². The molecule has 19 heavy (non-hydrogen) atoms. The first-order chi connectivity index (χ1) is 9.27. The molecule has 0 spiro atoms. The second-order valence-corrected chi connectivity index (χ2v) is 4.38. The summed E-state index contributed by atoms with van der Waals surface area (Å²) in [6.45, 7) is 4.60. The summed E-state index contributed by atoms with van der Waals surface area (Å²) in [5, 5.41) is 3.99. The number of benzene rings is 1. The van der Waals surface area contributed by atoms with E-state index in [1.165, 1.54) is 0 Å². The lowest BCUT2D eigenvalue weighted by Gasteiger charge is -2.12. The zero-order valence-corrected chi connectivity index (χ0v) is 12.2. The van der Waals surface area contributed by atoms with E-state index in [0.29, 0.717) is 24.8 Å². The van der Waals surface area contributed by atoms with Crippen LogP contribution < -0.4 is 10.1 Å². The average Bonchev–Trinajstić information content (AvgIpc) is 2.41. The van der Waals surface area contributed by atoms with Gasteiger partial charge in [0.15, 0.2) is 0 Å². The SMILES string of the molecule is CC#CCCOc1ccc(Cl)cc1CNCCOC. The van der Waals surface area contributed by atoms with Crippen LogP contribution >= 0.6 is 11.6 Å². The second-order valence-electron chi connectivity index (χ2n) is 3.95. The van der Waals surface area contributed by atoms with E-state index in [4.69, 9.17) is 21.1 Å². The van der Waals surface area contributed by atoms with Crippen molar-refractivity contribution in [3.63, 3.8) is 0 Å². The van der Waals surface area contributed by atoms with Crippen LogP contribution in [0.2, 0.25) is 5.02 Å². The minimum Gasteiger partial charge on any atom is -0.492 e. The maximum Gasteiger partial charge on any atom is 0.123 e. The normalized spacial score (nSPS) is 9.84. The zero-order valence-electron chi connectivity index (χ0n) is 11.5. The minimum absolute atomic E-state index is 0.591. The van der Waals surface area contributed by atoms with E-state index in [0.717, 1.165) is 24.3 Å². The van der Waals surface area contributed by atoms with Crippen LogP contribution in [0.1, 0.15) is 18.9 Å². The summed E-state index contributed by atoms with van der Waals surface area (Å²) in [6.07, 6.45) is 0.732. The van der Waals surface area contributed by atoms with Gasteiger partial charge in [-0.15, -0.1) is 11.8 Å². The third-order valence-electron chi connectivity index (χ3n) is 2.48. The molecule has 0 fully saturated rings. The Bertz CT molecular complexity index is 438. The molecule has 0 unspecified atom stereocenters. The number of rotatable bonds is 8. The van der Waals surface area contributed by atoms with Crippen LogP contribution in [0, 0.1) is 11.8 Å². The Kier molecular flexibility index (Phi) is 8.08. The van der Waals surface area contributed by atoms with E-state index in [-0.39, 0.29) is 0 Å². The number of nitrogens with one attached hydrogen (secondary N) is 1. The molecule has 1 aromatic carbocycles. The van der Waals surface area contributed by atoms with E-state index in [1.54, 1.807) is 7.11 Å². The average molecular weight is 282 g/mol. The lowest BCUT2D eigenvalue weighted by atomic mass is 10.2. The molecular weight excluding hydrogens is 262 g/mol. The smallest absolute Gasteiger partial charge is 0.123 e. The molecule has 0 aromatic heterocycles. The third kappa shape index (κ3) is 6.49. The predicted molar refractivity (Wildman–Crippen MR) is 78.6 cm³/mol. The first-order valence-electron chi connectivity index (χ1n) is 6.28. The van der Waals surface area contributed by atoms with Gasteiger partial charge in [0.05, 0.1) is 13.2 Å². The second kappa shape index (κ2) is 9.69. The van der Waals surface area contributed by atoms with Crippen molar-refractivity contribution >= 4 is 11.6 Å². The molecule has 0 aliphatic carbocycles. The van der Waals surface area contributed by atoms with Crippen molar-refractivity contribution < 1.29 is 9.47 Å². The van der Waals surface area contributed by atoms with Crippen LogP contribution in [-0.2, 0) is 11.3 Å². The highest BCUT2D eigenvalue weighted by atomic mass is 35.5. The molecule has 0 aliphatic heterocycles. The molecule has 3 nitrogen and oxygen atoms in total. The lowest BCUT2D eigenvalue weighted by molar-refractivity contribution is 0.199. The van der Waals surface area contributed by atoms with Gasteiger partial charge >= 0.3 is 0 Å². The summed E-state index contributed by atoms with van der Waals surface area (Å²) >= 11 is 6.01. The fourth-order valence-corrected chi connectivity index (χ4v) is 1.76. The fraction of sp³-hybridized carbons (Fsp3) is 0.467. The Labute approximate surface area is 120 Å². The summed E-state index contributed by atoms with van der Waals surface area (Å²) in [5.74, 6) is 6.68. The van der Waals surface area contributed by atoms with Crippen LogP contribution in [0.3, 0.4) is 0 Å². The van der Waals surface area contributed by atoms with Gasteiger partial charge in [-0.25, -0.2) is 0 Å². The Morgan fingerprint density at radius 3 is 2.89 bits per heavy atom. The molecule has 0 saturated carbocycles. The van der Waals surface area contributed by atoms with E-state index in [1.807, 2.05) is 25.1 Å². The standard InChI is InChI=1S/C15H20ClNO2/c1-3-4-5-9-19-15-7-6-14(16)11-13(15)12-17-8-10-18-2/h6-7,11,17H,5,8-10,12H2,1-2H3. The van der Waals surface area contributed by atoms with Gasteiger partial charge in [0, 0.05) is 37.2 Å². The summed E-state index contributed by atoms with van der Waals surface area (Å²) in [6, 6.07) is 5.65. The van der Waals surface area contributed by atoms with Crippen LogP contribution in [0.15, 0.2) is 18.2 Å². The van der Waals surface area contributed by atoms with E-state index >= 15 is 0 Å². The summed E-state index contributed by atoms with van der Waals surface area (Å²) in [4.78, 5) is 0. The van der Waals surface area contributed by atoms with Gasteiger partial charge in [0.25, 0.3) is 0 Å². The third-order valence-corrected chi connectivity index (χ3v) is 2.72. The number of hydrogen-bond donors (Lipinski definition) is 1. The van der Waals surface area contributed by atoms with Crippen molar-refractivity contribution in [2.24, 2.45) is 0 Å². The molecule has 104 valence electrons. The van der Waals surface area contributed by atoms with Crippen molar-refractivity contribution in [3.05, 3.63) is 28.8 Å². The van der Waals surface area contributed by atoms with Gasteiger partial charge in [-0.1, -0.05) is 11.6 Å². The molecule has 0 radical (unpaired) electrons. The highest BCUT2D eigenvalue weighted by Gasteiger charge is 2.04. The maximum atomic E-state index is 6.01. The predicted octanol–water partition coefficient (Wildman–Crippen LogP) is 2.87. The van der Waals surface area contributed by atoms with Gasteiger partial charge < -0.3 is 14.8 Å². The Hall–Kier alpha value is -1.21. The molecule has 1 N–H and O–H groups in total. The Balaban J connectivity index is 2.54. The molecule has 1 rings (SSSR count). The van der Waals surface area contributed by atoms with Gasteiger partial charge in [0.2, 0.25) is 0 Å². The summed E-state index contributed by atoms with van der Waals surface area (Å²) in [5.41, 5.74) is 1.05. The van der Waals surface area contributed by atoms with Gasteiger partial charge in [-0.05, 0) is 25.1 Å². The van der Waals surface area contributed by atoms with Crippen LogP contribution in [-0.4, -0.2) is 26.9 Å². The molecule has 0 saturated heterocycles. The van der Waals surface area contributed by atoms with Gasteiger partial charge in [-0.3, -0.25) is 0 Å². The Morgan fingerprint density at radius 2 is 2.16 bits per heavy atom. The Morgan fingerprint density at radius 1 is 1.32 bits per heavy atom. The highest BCUT2D eigenvalue weighted by Crippen LogP contribution is 2.23. The largest absolute Gasteiger partial charge is 0.492 e. The van der Waals surface area contributed by atoms with Crippen molar-refractivity contribution in [2.75, 3.05) is 26.9 Å². The number of halogens is 1. The molecular formula is C15H20ClNO2. The van der Waals surface area contributed by atoms with Crippen LogP contribution in [0.4, 0.5) is 0 Å². The van der Waals surface area contributed by atoms with Crippen molar-refractivity contribution in [2.45, 2.75) is 19.9 Å². The monoisotopic (exact) mass is 281 g/mol. The van der Waals surface area contributed by atoms with Gasteiger partial charge in [-0.2, -0.15) is 0 Å². The van der Waals surface area contributed by atoms with E-state index < -0.39 is 0 Å². The van der Waals surface area contributed by atoms with Crippen molar-refractivity contribution in [1.29, 1.82) is 0 Å². The molecule has 1 aromatic rings. The topological polar surface area (TPSA) is 30.5 Å². The van der Waals surface area contributed by atoms with Crippen LogP contribution in [0.5, 0.6) is 5.75 Å². The molecule has 0 amide bonds. The number of ether oxygens (including phenoxy) is 2. The highest BCUT2D eigenvalue weighted by molar-refractivity contribution is 6.30. The van der Waals surface area contributed by atoms with Crippen LogP contribution in [0.25, 0.3) is 0 Å². The molecule has 4 heteroatoms. The summed E-state index contributed by atoms with van der Waals surface area (Å²) < 4.78 is 10.7. The number of methoxy groups -OCH3 is 1. The molecule has 0 atom stereocenters. The number of hydrogen-bond acceptors (Lipinski definition) is 3. The maximum absolute atomic E-state index is 6.01. The molecule has 0 aliphatic rings. The first-order valence-corrected chi connectivity index (χ1v) is 6.66. The quantitative estimate of drug-likeness (QED) is 0.587. The first kappa shape index (κ1) is 15.8. The zero-order chi connectivity index (χ0) is 13.9. The minimum atomic E-state index is 0.591. The summed E-state index contributed by atoms with van der Waals surface area (Å²) in [7, 11) is 1.68.